The molecule has 2 aliphatic rings. The fourth-order valence-electron chi connectivity index (χ4n) is 3.00. The summed E-state index contributed by atoms with van der Waals surface area (Å²) in [6.07, 6.45) is 0.607. The van der Waals surface area contributed by atoms with Crippen LogP contribution in [0.1, 0.15) is 11.3 Å². The largest absolute Gasteiger partial charge is 0.381 e. The highest BCUT2D eigenvalue weighted by atomic mass is 19.1. The van der Waals surface area contributed by atoms with Crippen molar-refractivity contribution in [2.45, 2.75) is 13.0 Å². The minimum atomic E-state index is -0.989. The average Bonchev–Trinajstić information content (AvgIpc) is 3.20. The number of benzene rings is 1. The van der Waals surface area contributed by atoms with E-state index < -0.39 is 29.7 Å². The fraction of sp³-hybridized carbons (Fsp3) is 0.250. The molecule has 0 aliphatic carbocycles. The third kappa shape index (κ3) is 1.89. The number of carbonyl (C=O) groups is 2. The molecular weight excluding hydrogens is 315 g/mol. The molecule has 0 radical (unpaired) electrons. The number of aryl methyl sites for hydroxylation is 1. The van der Waals surface area contributed by atoms with E-state index in [4.69, 9.17) is 4.84 Å². The summed E-state index contributed by atoms with van der Waals surface area (Å²) in [7, 11) is 1.78. The van der Waals surface area contributed by atoms with Crippen LogP contribution in [0.25, 0.3) is 0 Å². The third-order valence-corrected chi connectivity index (χ3v) is 4.41. The number of carbonyl (C=O) groups excluding carboxylic acids is 2. The van der Waals surface area contributed by atoms with Crippen LogP contribution in [0.4, 0.5) is 10.1 Å². The molecule has 2 amide bonds. The highest BCUT2D eigenvalue weighted by Gasteiger charge is 2.56. The monoisotopic (exact) mass is 328 g/mol. The maximum absolute atomic E-state index is 13.1. The van der Waals surface area contributed by atoms with Crippen LogP contribution in [0.15, 0.2) is 35.6 Å². The van der Waals surface area contributed by atoms with Crippen molar-refractivity contribution >= 4 is 23.2 Å². The van der Waals surface area contributed by atoms with E-state index in [1.54, 1.807) is 17.9 Å². The number of rotatable bonds is 2. The number of imide groups is 1. The standard InChI is InChI=1S/C16H13FN4O3/c1-8-11(7-18-20(8)2)13-12-14(24-19-13)16(23)21(15(12)22)10-5-3-9(17)4-6-10/h3-7,12,14H,1-2H3. The van der Waals surface area contributed by atoms with Crippen molar-refractivity contribution in [2.75, 3.05) is 4.90 Å². The molecule has 2 aliphatic heterocycles. The number of nitrogens with zero attached hydrogens (tertiary/aromatic N) is 4. The second kappa shape index (κ2) is 4.98. The van der Waals surface area contributed by atoms with Crippen LogP contribution in [0.5, 0.6) is 0 Å². The van der Waals surface area contributed by atoms with E-state index in [-0.39, 0.29) is 0 Å². The number of oxime groups is 1. The Morgan fingerprint density at radius 3 is 2.50 bits per heavy atom. The van der Waals surface area contributed by atoms with Crippen molar-refractivity contribution in [2.24, 2.45) is 18.1 Å². The lowest BCUT2D eigenvalue weighted by atomic mass is 9.94. The van der Waals surface area contributed by atoms with Crippen molar-refractivity contribution in [1.29, 1.82) is 0 Å². The molecule has 4 rings (SSSR count). The zero-order valence-corrected chi connectivity index (χ0v) is 12.9. The summed E-state index contributed by atoms with van der Waals surface area (Å²) in [4.78, 5) is 31.6. The molecule has 1 aromatic carbocycles. The van der Waals surface area contributed by atoms with Crippen LogP contribution in [-0.4, -0.2) is 33.4 Å². The Kier molecular flexibility index (Phi) is 3.02. The van der Waals surface area contributed by atoms with Gasteiger partial charge in [0, 0.05) is 18.3 Å². The van der Waals surface area contributed by atoms with Crippen LogP contribution in [0.3, 0.4) is 0 Å². The topological polar surface area (TPSA) is 76.8 Å². The molecule has 1 saturated heterocycles. The Morgan fingerprint density at radius 1 is 1.17 bits per heavy atom. The maximum Gasteiger partial charge on any atom is 0.278 e. The summed E-state index contributed by atoms with van der Waals surface area (Å²) in [6, 6.07) is 5.17. The van der Waals surface area contributed by atoms with Gasteiger partial charge < -0.3 is 4.84 Å². The van der Waals surface area contributed by atoms with Crippen molar-refractivity contribution in [3.63, 3.8) is 0 Å². The number of anilines is 1. The van der Waals surface area contributed by atoms with Gasteiger partial charge in [-0.05, 0) is 31.2 Å². The summed E-state index contributed by atoms with van der Waals surface area (Å²) in [6.45, 7) is 1.84. The van der Waals surface area contributed by atoms with Gasteiger partial charge in [0.2, 0.25) is 12.0 Å². The summed E-state index contributed by atoms with van der Waals surface area (Å²) in [5, 5.41) is 8.08. The Labute approximate surface area is 136 Å². The second-order valence-electron chi connectivity index (χ2n) is 5.74. The molecule has 122 valence electrons. The van der Waals surface area contributed by atoms with Gasteiger partial charge in [-0.2, -0.15) is 5.10 Å². The molecule has 0 spiro atoms. The van der Waals surface area contributed by atoms with Crippen LogP contribution < -0.4 is 4.90 Å². The van der Waals surface area contributed by atoms with E-state index in [2.05, 4.69) is 10.3 Å². The number of aromatic nitrogens is 2. The Bertz CT molecular complexity index is 887. The van der Waals surface area contributed by atoms with E-state index in [1.807, 2.05) is 6.92 Å². The zero-order chi connectivity index (χ0) is 17.0. The summed E-state index contributed by atoms with van der Waals surface area (Å²) in [5.41, 5.74) is 2.20. The second-order valence-corrected chi connectivity index (χ2v) is 5.74. The molecule has 0 saturated carbocycles. The van der Waals surface area contributed by atoms with E-state index in [0.717, 1.165) is 10.6 Å². The first-order valence-electron chi connectivity index (χ1n) is 7.35. The van der Waals surface area contributed by atoms with Crippen LogP contribution in [-0.2, 0) is 21.5 Å². The molecule has 1 fully saturated rings. The highest BCUT2D eigenvalue weighted by Crippen LogP contribution is 2.35. The highest BCUT2D eigenvalue weighted by molar-refractivity contribution is 6.32. The average molecular weight is 328 g/mol. The minimum absolute atomic E-state index is 0.312. The van der Waals surface area contributed by atoms with Crippen LogP contribution in [0, 0.1) is 18.7 Å². The summed E-state index contributed by atoms with van der Waals surface area (Å²) < 4.78 is 14.7. The summed E-state index contributed by atoms with van der Waals surface area (Å²) in [5.74, 6) is -2.19. The van der Waals surface area contributed by atoms with Crippen LogP contribution in [0.2, 0.25) is 0 Å². The molecule has 8 heteroatoms. The first kappa shape index (κ1) is 14.6. The zero-order valence-electron chi connectivity index (χ0n) is 12.9. The smallest absolute Gasteiger partial charge is 0.278 e. The quantitative estimate of drug-likeness (QED) is 0.775. The van der Waals surface area contributed by atoms with Crippen molar-refractivity contribution in [3.8, 4) is 0 Å². The van der Waals surface area contributed by atoms with Crippen LogP contribution >= 0.6 is 0 Å². The number of hydrogen-bond acceptors (Lipinski definition) is 5. The molecule has 2 atom stereocenters. The van der Waals surface area contributed by atoms with E-state index >= 15 is 0 Å². The van der Waals surface area contributed by atoms with Gasteiger partial charge in [0.05, 0.1) is 11.9 Å². The lowest BCUT2D eigenvalue weighted by Gasteiger charge is -2.15. The van der Waals surface area contributed by atoms with Crippen molar-refractivity contribution in [1.82, 2.24) is 9.78 Å². The third-order valence-electron chi connectivity index (χ3n) is 4.41. The van der Waals surface area contributed by atoms with Gasteiger partial charge in [0.1, 0.15) is 17.4 Å². The van der Waals surface area contributed by atoms with Gasteiger partial charge in [0.15, 0.2) is 0 Å². The summed E-state index contributed by atoms with van der Waals surface area (Å²) >= 11 is 0. The predicted molar refractivity (Wildman–Crippen MR) is 81.7 cm³/mol. The number of amides is 2. The van der Waals surface area contributed by atoms with Gasteiger partial charge in [-0.3, -0.25) is 14.3 Å². The minimum Gasteiger partial charge on any atom is -0.381 e. The lowest BCUT2D eigenvalue weighted by molar-refractivity contribution is -0.126. The molecule has 2 unspecified atom stereocenters. The first-order chi connectivity index (χ1) is 11.5. The molecule has 7 nitrogen and oxygen atoms in total. The molecule has 24 heavy (non-hydrogen) atoms. The number of halogens is 1. The lowest BCUT2D eigenvalue weighted by Crippen LogP contribution is -2.33. The van der Waals surface area contributed by atoms with Gasteiger partial charge in [-0.1, -0.05) is 5.16 Å². The molecule has 0 N–H and O–H groups in total. The first-order valence-corrected chi connectivity index (χ1v) is 7.35. The van der Waals surface area contributed by atoms with Crippen molar-refractivity contribution in [3.05, 3.63) is 47.5 Å². The maximum atomic E-state index is 13.1. The van der Waals surface area contributed by atoms with Crippen molar-refractivity contribution < 1.29 is 18.8 Å². The fourth-order valence-corrected chi connectivity index (χ4v) is 3.00. The Hall–Kier alpha value is -3.03. The molecule has 3 heterocycles. The number of fused-ring (bicyclic) bond motifs is 1. The van der Waals surface area contributed by atoms with E-state index in [0.29, 0.717) is 17.0 Å². The van der Waals surface area contributed by atoms with Gasteiger partial charge in [-0.25, -0.2) is 9.29 Å². The Balaban J connectivity index is 1.72. The Morgan fingerprint density at radius 2 is 1.88 bits per heavy atom. The van der Waals surface area contributed by atoms with E-state index in [1.165, 1.54) is 24.3 Å². The normalized spacial score (nSPS) is 22.6. The van der Waals surface area contributed by atoms with E-state index in [9.17, 15) is 14.0 Å². The van der Waals surface area contributed by atoms with Gasteiger partial charge in [0.25, 0.3) is 5.91 Å². The molecule has 0 bridgehead atoms. The van der Waals surface area contributed by atoms with Gasteiger partial charge >= 0.3 is 0 Å². The number of hydrogen-bond donors (Lipinski definition) is 0. The molecule has 2 aromatic rings. The molecular formula is C16H13FN4O3. The predicted octanol–water partition coefficient (Wildman–Crippen LogP) is 1.16. The van der Waals surface area contributed by atoms with Gasteiger partial charge in [-0.15, -0.1) is 0 Å². The SMILES string of the molecule is Cc1c(C2=NOC3C(=O)N(c4ccc(F)cc4)C(=O)C23)cnn1C. The molecule has 1 aromatic heterocycles.